The van der Waals surface area contributed by atoms with Gasteiger partial charge >= 0.3 is 0 Å². The number of sulfonamides is 1. The molecule has 8 heteroatoms. The fourth-order valence-corrected chi connectivity index (χ4v) is 2.37. The van der Waals surface area contributed by atoms with E-state index in [-0.39, 0.29) is 17.0 Å². The van der Waals surface area contributed by atoms with Crippen LogP contribution in [-0.4, -0.2) is 20.1 Å². The van der Waals surface area contributed by atoms with Gasteiger partial charge in [0.25, 0.3) is 5.91 Å². The fraction of sp³-hybridized carbons (Fsp3) is 0.133. The molecule has 122 valence electrons. The molecular formula is C15H14F2N2O3S. The number of carbonyl (C=O) groups is 1. The summed E-state index contributed by atoms with van der Waals surface area (Å²) in [5.74, 6) is -2.29. The van der Waals surface area contributed by atoms with Crippen molar-refractivity contribution < 1.29 is 22.0 Å². The van der Waals surface area contributed by atoms with Crippen LogP contribution in [0.25, 0.3) is 0 Å². The van der Waals surface area contributed by atoms with E-state index in [0.29, 0.717) is 11.8 Å². The average Bonchev–Trinajstić information content (AvgIpc) is 2.50. The highest BCUT2D eigenvalue weighted by molar-refractivity contribution is 7.92. The first-order chi connectivity index (χ1) is 10.8. The summed E-state index contributed by atoms with van der Waals surface area (Å²) in [7, 11) is -3.40. The molecule has 0 aliphatic heterocycles. The van der Waals surface area contributed by atoms with Gasteiger partial charge in [0.15, 0.2) is 0 Å². The van der Waals surface area contributed by atoms with Crippen LogP contribution in [0.3, 0.4) is 0 Å². The third-order valence-electron chi connectivity index (χ3n) is 2.98. The first kappa shape index (κ1) is 16.9. The number of amides is 1. The summed E-state index contributed by atoms with van der Waals surface area (Å²) in [6, 6.07) is 8.44. The first-order valence-corrected chi connectivity index (χ1v) is 8.33. The van der Waals surface area contributed by atoms with Crippen molar-refractivity contribution >= 4 is 27.3 Å². The minimum atomic E-state index is -3.40. The molecule has 0 radical (unpaired) electrons. The zero-order valence-electron chi connectivity index (χ0n) is 12.1. The largest absolute Gasteiger partial charge is 0.319 e. The maximum Gasteiger partial charge on any atom is 0.255 e. The lowest BCUT2D eigenvalue weighted by atomic mass is 10.2. The molecule has 2 aromatic rings. The van der Waals surface area contributed by atoms with Gasteiger partial charge in [-0.15, -0.1) is 0 Å². The fourth-order valence-electron chi connectivity index (χ4n) is 1.73. The van der Waals surface area contributed by atoms with Gasteiger partial charge in [-0.05, 0) is 43.3 Å². The summed E-state index contributed by atoms with van der Waals surface area (Å²) in [4.78, 5) is 12.0. The molecule has 0 saturated carbocycles. The van der Waals surface area contributed by atoms with E-state index < -0.39 is 27.6 Å². The molecule has 2 aromatic carbocycles. The highest BCUT2D eigenvalue weighted by atomic mass is 32.2. The molecule has 0 fully saturated rings. The van der Waals surface area contributed by atoms with Crippen LogP contribution in [0.5, 0.6) is 0 Å². The summed E-state index contributed by atoms with van der Waals surface area (Å²) in [5.41, 5.74) is 0.372. The van der Waals surface area contributed by atoms with Gasteiger partial charge in [-0.25, -0.2) is 17.2 Å². The Morgan fingerprint density at radius 1 is 1.09 bits per heavy atom. The van der Waals surface area contributed by atoms with Crippen molar-refractivity contribution in [3.05, 3.63) is 59.7 Å². The summed E-state index contributed by atoms with van der Waals surface area (Å²) >= 11 is 0. The van der Waals surface area contributed by atoms with E-state index in [4.69, 9.17) is 0 Å². The number of nitrogens with one attached hydrogen (secondary N) is 2. The summed E-state index contributed by atoms with van der Waals surface area (Å²) < 4.78 is 51.5. The Labute approximate surface area is 132 Å². The van der Waals surface area contributed by atoms with E-state index in [2.05, 4.69) is 10.0 Å². The van der Waals surface area contributed by atoms with Crippen molar-refractivity contribution in [1.29, 1.82) is 0 Å². The molecule has 23 heavy (non-hydrogen) atoms. The number of benzene rings is 2. The number of halogens is 2. The molecule has 0 heterocycles. The smallest absolute Gasteiger partial charge is 0.255 e. The van der Waals surface area contributed by atoms with E-state index in [9.17, 15) is 22.0 Å². The minimum Gasteiger partial charge on any atom is -0.319 e. The van der Waals surface area contributed by atoms with Crippen molar-refractivity contribution in [2.45, 2.75) is 6.92 Å². The van der Waals surface area contributed by atoms with Crippen LogP contribution in [0, 0.1) is 11.6 Å². The molecular weight excluding hydrogens is 326 g/mol. The van der Waals surface area contributed by atoms with E-state index in [1.54, 1.807) is 0 Å². The van der Waals surface area contributed by atoms with Gasteiger partial charge in [-0.2, -0.15) is 0 Å². The molecule has 0 bridgehead atoms. The van der Waals surface area contributed by atoms with Gasteiger partial charge in [-0.3, -0.25) is 9.52 Å². The number of rotatable bonds is 5. The Morgan fingerprint density at radius 2 is 1.74 bits per heavy atom. The van der Waals surface area contributed by atoms with E-state index in [1.165, 1.54) is 31.2 Å². The molecule has 0 unspecified atom stereocenters. The van der Waals surface area contributed by atoms with Crippen LogP contribution in [-0.2, 0) is 10.0 Å². The van der Waals surface area contributed by atoms with Crippen molar-refractivity contribution in [2.24, 2.45) is 0 Å². The van der Waals surface area contributed by atoms with Gasteiger partial charge in [0.2, 0.25) is 10.0 Å². The van der Waals surface area contributed by atoms with Crippen molar-refractivity contribution in [1.82, 2.24) is 0 Å². The predicted octanol–water partition coefficient (Wildman–Crippen LogP) is 2.98. The van der Waals surface area contributed by atoms with Crippen molar-refractivity contribution in [3.8, 4) is 0 Å². The lowest BCUT2D eigenvalue weighted by Gasteiger charge is -2.08. The van der Waals surface area contributed by atoms with Gasteiger partial charge in [-0.1, -0.05) is 0 Å². The molecule has 2 N–H and O–H groups in total. The highest BCUT2D eigenvalue weighted by Gasteiger charge is 2.11. The van der Waals surface area contributed by atoms with E-state index in [1.807, 2.05) is 0 Å². The van der Waals surface area contributed by atoms with Crippen LogP contribution in [0.1, 0.15) is 17.3 Å². The van der Waals surface area contributed by atoms with Crippen LogP contribution in [0.2, 0.25) is 0 Å². The topological polar surface area (TPSA) is 75.3 Å². The van der Waals surface area contributed by atoms with Crippen molar-refractivity contribution in [2.75, 3.05) is 15.8 Å². The normalized spacial score (nSPS) is 11.1. The van der Waals surface area contributed by atoms with E-state index in [0.717, 1.165) is 12.1 Å². The monoisotopic (exact) mass is 340 g/mol. The first-order valence-electron chi connectivity index (χ1n) is 6.67. The number of hydrogen-bond donors (Lipinski definition) is 2. The zero-order chi connectivity index (χ0) is 17.0. The lowest BCUT2D eigenvalue weighted by Crippen LogP contribution is -2.15. The van der Waals surface area contributed by atoms with Gasteiger partial charge < -0.3 is 5.32 Å². The number of hydrogen-bond acceptors (Lipinski definition) is 3. The second kappa shape index (κ2) is 6.74. The average molecular weight is 340 g/mol. The standard InChI is InChI=1S/C15H14F2N2O3S/c1-2-23(21,22)19-12-6-3-10(4-7-12)15(20)18-14-8-5-11(16)9-13(14)17/h3-9,19H,2H2,1H3,(H,18,20). The Kier molecular flexibility index (Phi) is 4.95. The maximum absolute atomic E-state index is 13.5. The van der Waals surface area contributed by atoms with Gasteiger partial charge in [0.05, 0.1) is 11.4 Å². The summed E-state index contributed by atoms with van der Waals surface area (Å²) in [6.07, 6.45) is 0. The number of carbonyl (C=O) groups excluding carboxylic acids is 1. The van der Waals surface area contributed by atoms with Crippen LogP contribution < -0.4 is 10.0 Å². The van der Waals surface area contributed by atoms with E-state index >= 15 is 0 Å². The van der Waals surface area contributed by atoms with Crippen LogP contribution in [0.4, 0.5) is 20.2 Å². The Bertz CT molecular complexity index is 821. The molecule has 5 nitrogen and oxygen atoms in total. The van der Waals surface area contributed by atoms with Gasteiger partial charge in [0, 0.05) is 17.3 Å². The maximum atomic E-state index is 13.5. The van der Waals surface area contributed by atoms with Gasteiger partial charge in [0.1, 0.15) is 11.6 Å². The Morgan fingerprint density at radius 3 is 2.30 bits per heavy atom. The molecule has 0 atom stereocenters. The molecule has 0 aliphatic rings. The summed E-state index contributed by atoms with van der Waals surface area (Å²) in [5, 5.41) is 2.31. The Balaban J connectivity index is 2.11. The lowest BCUT2D eigenvalue weighted by molar-refractivity contribution is 0.102. The second-order valence-corrected chi connectivity index (χ2v) is 6.67. The highest BCUT2D eigenvalue weighted by Crippen LogP contribution is 2.17. The second-order valence-electron chi connectivity index (χ2n) is 4.66. The molecule has 0 saturated heterocycles. The quantitative estimate of drug-likeness (QED) is 0.879. The molecule has 0 aromatic heterocycles. The molecule has 1 amide bonds. The third-order valence-corrected chi connectivity index (χ3v) is 4.29. The zero-order valence-corrected chi connectivity index (χ0v) is 13.0. The molecule has 2 rings (SSSR count). The SMILES string of the molecule is CCS(=O)(=O)Nc1ccc(C(=O)Nc2ccc(F)cc2F)cc1. The van der Waals surface area contributed by atoms with Crippen molar-refractivity contribution in [3.63, 3.8) is 0 Å². The molecule has 0 spiro atoms. The summed E-state index contributed by atoms with van der Waals surface area (Å²) in [6.45, 7) is 1.50. The third kappa shape index (κ3) is 4.49. The predicted molar refractivity (Wildman–Crippen MR) is 83.8 cm³/mol. The van der Waals surface area contributed by atoms with Crippen LogP contribution >= 0.6 is 0 Å². The Hall–Kier alpha value is -2.48. The molecule has 0 aliphatic carbocycles. The number of anilines is 2. The minimum absolute atomic E-state index is 0.0704. The van der Waals surface area contributed by atoms with Crippen LogP contribution in [0.15, 0.2) is 42.5 Å².